The highest BCUT2D eigenvalue weighted by atomic mass is 14.9. The van der Waals surface area contributed by atoms with E-state index in [-0.39, 0.29) is 0 Å². The van der Waals surface area contributed by atoms with Crippen LogP contribution in [0.25, 0.3) is 0 Å². The molecule has 90 valence electrons. The summed E-state index contributed by atoms with van der Waals surface area (Å²) in [6.45, 7) is 7.61. The summed E-state index contributed by atoms with van der Waals surface area (Å²) in [7, 11) is 0. The summed E-state index contributed by atoms with van der Waals surface area (Å²) in [4.78, 5) is 4.56. The summed E-state index contributed by atoms with van der Waals surface area (Å²) in [5.74, 6) is 0. The number of nitrogens with zero attached hydrogens (tertiary/aromatic N) is 1. The minimum atomic E-state index is 0.583. The first kappa shape index (κ1) is 13.2. The van der Waals surface area contributed by atoms with Crippen LogP contribution in [0.3, 0.4) is 0 Å². The Morgan fingerprint density at radius 3 is 2.69 bits per heavy atom. The first-order chi connectivity index (χ1) is 7.76. The van der Waals surface area contributed by atoms with Crippen LogP contribution in [0, 0.1) is 6.92 Å². The zero-order chi connectivity index (χ0) is 11.8. The number of nitrogens with one attached hydrogen (secondary N) is 1. The van der Waals surface area contributed by atoms with Gasteiger partial charge < -0.3 is 5.32 Å². The summed E-state index contributed by atoms with van der Waals surface area (Å²) in [5.41, 5.74) is 2.32. The Kier molecular flexibility index (Phi) is 6.09. The largest absolute Gasteiger partial charge is 0.314 e. The number of rotatable bonds is 7. The average Bonchev–Trinajstić information content (AvgIpc) is 2.26. The van der Waals surface area contributed by atoms with E-state index in [0.29, 0.717) is 6.04 Å². The normalized spacial score (nSPS) is 12.7. The zero-order valence-electron chi connectivity index (χ0n) is 10.8. The molecule has 0 radical (unpaired) electrons. The van der Waals surface area contributed by atoms with Crippen molar-refractivity contribution >= 4 is 0 Å². The number of hydrogen-bond acceptors (Lipinski definition) is 2. The molecule has 0 fully saturated rings. The van der Waals surface area contributed by atoms with E-state index >= 15 is 0 Å². The van der Waals surface area contributed by atoms with Crippen LogP contribution >= 0.6 is 0 Å². The lowest BCUT2D eigenvalue weighted by Gasteiger charge is -2.17. The lowest BCUT2D eigenvalue weighted by atomic mass is 10.1. The van der Waals surface area contributed by atoms with Crippen LogP contribution in [0.5, 0.6) is 0 Å². The van der Waals surface area contributed by atoms with Gasteiger partial charge in [0.2, 0.25) is 0 Å². The van der Waals surface area contributed by atoms with E-state index in [1.165, 1.54) is 25.0 Å². The molecular formula is C14H24N2. The topological polar surface area (TPSA) is 24.9 Å². The van der Waals surface area contributed by atoms with Crippen molar-refractivity contribution in [3.8, 4) is 0 Å². The van der Waals surface area contributed by atoms with Gasteiger partial charge in [-0.2, -0.15) is 0 Å². The Morgan fingerprint density at radius 1 is 1.25 bits per heavy atom. The van der Waals surface area contributed by atoms with E-state index in [9.17, 15) is 0 Å². The van der Waals surface area contributed by atoms with Gasteiger partial charge in [0.05, 0.1) is 0 Å². The first-order valence-corrected chi connectivity index (χ1v) is 6.42. The van der Waals surface area contributed by atoms with Gasteiger partial charge in [0.25, 0.3) is 0 Å². The Balaban J connectivity index is 2.52. The molecular weight excluding hydrogens is 196 g/mol. The van der Waals surface area contributed by atoms with Gasteiger partial charge in [-0.15, -0.1) is 0 Å². The summed E-state index contributed by atoms with van der Waals surface area (Å²) in [6.07, 6.45) is 4.71. The van der Waals surface area contributed by atoms with Gasteiger partial charge in [0, 0.05) is 23.9 Å². The molecule has 1 atom stereocenters. The molecule has 1 unspecified atom stereocenters. The van der Waals surface area contributed by atoms with Crippen LogP contribution in [0.2, 0.25) is 0 Å². The molecule has 0 aliphatic rings. The van der Waals surface area contributed by atoms with Gasteiger partial charge in [-0.1, -0.05) is 26.3 Å². The quantitative estimate of drug-likeness (QED) is 0.763. The van der Waals surface area contributed by atoms with Gasteiger partial charge in [-0.25, -0.2) is 0 Å². The molecule has 1 N–H and O–H groups in total. The van der Waals surface area contributed by atoms with Crippen molar-refractivity contribution in [3.63, 3.8) is 0 Å². The van der Waals surface area contributed by atoms with Crippen LogP contribution in [0.4, 0.5) is 0 Å². The molecule has 16 heavy (non-hydrogen) atoms. The number of hydrogen-bond donors (Lipinski definition) is 1. The summed E-state index contributed by atoms with van der Waals surface area (Å²) < 4.78 is 0. The maximum Gasteiger partial charge on any atom is 0.0422 e. The molecule has 0 spiro atoms. The molecule has 0 bridgehead atoms. The van der Waals surface area contributed by atoms with E-state index in [1.54, 1.807) is 0 Å². The fraction of sp³-hybridized carbons (Fsp3) is 0.643. The molecule has 0 aliphatic heterocycles. The summed E-state index contributed by atoms with van der Waals surface area (Å²) in [6, 6.07) is 6.86. The van der Waals surface area contributed by atoms with Crippen molar-refractivity contribution < 1.29 is 0 Å². The second-order valence-corrected chi connectivity index (χ2v) is 4.41. The predicted molar refractivity (Wildman–Crippen MR) is 69.7 cm³/mol. The molecule has 0 aromatic carbocycles. The molecule has 1 aromatic rings. The first-order valence-electron chi connectivity index (χ1n) is 6.42. The Labute approximate surface area is 99.5 Å². The minimum Gasteiger partial charge on any atom is -0.314 e. The van der Waals surface area contributed by atoms with E-state index < -0.39 is 0 Å². The van der Waals surface area contributed by atoms with E-state index in [0.717, 1.165) is 18.7 Å². The van der Waals surface area contributed by atoms with E-state index in [4.69, 9.17) is 0 Å². The fourth-order valence-corrected chi connectivity index (χ4v) is 1.94. The van der Waals surface area contributed by atoms with Crippen LogP contribution in [0.15, 0.2) is 18.2 Å². The van der Waals surface area contributed by atoms with Crippen molar-refractivity contribution in [3.05, 3.63) is 29.6 Å². The Bertz CT molecular complexity index is 297. The maximum absolute atomic E-state index is 4.56. The van der Waals surface area contributed by atoms with Gasteiger partial charge in [0.1, 0.15) is 0 Å². The third kappa shape index (κ3) is 4.75. The van der Waals surface area contributed by atoms with Crippen molar-refractivity contribution in [2.75, 3.05) is 6.54 Å². The molecule has 2 heteroatoms. The molecule has 1 rings (SSSR count). The standard InChI is InChI=1S/C14H24N2/c1-4-7-13(15-10-5-2)11-14-9-6-8-12(3)16-14/h6,8-9,13,15H,4-5,7,10-11H2,1-3H3. The minimum absolute atomic E-state index is 0.583. The van der Waals surface area contributed by atoms with E-state index in [1.807, 2.05) is 0 Å². The second kappa shape index (κ2) is 7.39. The molecule has 0 saturated heterocycles. The van der Waals surface area contributed by atoms with Crippen molar-refractivity contribution in [1.29, 1.82) is 0 Å². The van der Waals surface area contributed by atoms with Gasteiger partial charge in [-0.05, 0) is 38.4 Å². The van der Waals surface area contributed by atoms with Gasteiger partial charge in [-0.3, -0.25) is 4.98 Å². The van der Waals surface area contributed by atoms with Gasteiger partial charge >= 0.3 is 0 Å². The highest BCUT2D eigenvalue weighted by Gasteiger charge is 2.08. The van der Waals surface area contributed by atoms with Crippen molar-refractivity contribution in [2.45, 2.75) is 52.5 Å². The fourth-order valence-electron chi connectivity index (χ4n) is 1.94. The van der Waals surface area contributed by atoms with Gasteiger partial charge in [0.15, 0.2) is 0 Å². The Morgan fingerprint density at radius 2 is 2.06 bits per heavy atom. The second-order valence-electron chi connectivity index (χ2n) is 4.41. The highest BCUT2D eigenvalue weighted by Crippen LogP contribution is 2.06. The van der Waals surface area contributed by atoms with Crippen LogP contribution in [0.1, 0.15) is 44.5 Å². The van der Waals surface area contributed by atoms with Crippen molar-refractivity contribution in [1.82, 2.24) is 10.3 Å². The molecule has 0 aliphatic carbocycles. The predicted octanol–water partition coefficient (Wildman–Crippen LogP) is 3.10. The lowest BCUT2D eigenvalue weighted by molar-refractivity contribution is 0.469. The average molecular weight is 220 g/mol. The number of aryl methyl sites for hydroxylation is 1. The van der Waals surface area contributed by atoms with Crippen LogP contribution in [-0.2, 0) is 6.42 Å². The highest BCUT2D eigenvalue weighted by molar-refractivity contribution is 5.11. The van der Waals surface area contributed by atoms with E-state index in [2.05, 4.69) is 49.3 Å². The molecule has 0 amide bonds. The smallest absolute Gasteiger partial charge is 0.0422 e. The summed E-state index contributed by atoms with van der Waals surface area (Å²) >= 11 is 0. The monoisotopic (exact) mass is 220 g/mol. The number of pyridine rings is 1. The Hall–Kier alpha value is -0.890. The molecule has 1 heterocycles. The molecule has 1 aromatic heterocycles. The lowest BCUT2D eigenvalue weighted by Crippen LogP contribution is -2.31. The number of aromatic nitrogens is 1. The summed E-state index contributed by atoms with van der Waals surface area (Å²) in [5, 5.41) is 3.60. The molecule has 2 nitrogen and oxygen atoms in total. The third-order valence-electron chi connectivity index (χ3n) is 2.72. The third-order valence-corrected chi connectivity index (χ3v) is 2.72. The van der Waals surface area contributed by atoms with Crippen molar-refractivity contribution in [2.24, 2.45) is 0 Å². The molecule has 0 saturated carbocycles. The maximum atomic E-state index is 4.56. The van der Waals surface area contributed by atoms with Crippen LogP contribution in [-0.4, -0.2) is 17.6 Å². The SMILES string of the molecule is CCCNC(CCC)Cc1cccc(C)n1. The zero-order valence-corrected chi connectivity index (χ0v) is 10.8. The van der Waals surface area contributed by atoms with Crippen LogP contribution < -0.4 is 5.32 Å².